The third kappa shape index (κ3) is 6.77. The van der Waals surface area contributed by atoms with Crippen molar-refractivity contribution in [1.29, 1.82) is 0 Å². The lowest BCUT2D eigenvalue weighted by atomic mass is 10.0. The van der Waals surface area contributed by atoms with Gasteiger partial charge in [0.1, 0.15) is 12.4 Å². The number of nitrogens with one attached hydrogen (secondary N) is 2. The fourth-order valence-electron chi connectivity index (χ4n) is 2.73. The standard InChI is InChI=1S/C18H24N2O4S/c1-15(21)20-16-8-7-9-17(14-16)24-13-6-5-12-19-25(22,23)18-10-3-2-4-11-18/h7-9,14,18-19H,2-4,10-13H2,1H3,(H,20,21). The zero-order valence-electron chi connectivity index (χ0n) is 14.4. The summed E-state index contributed by atoms with van der Waals surface area (Å²) in [5.74, 6) is 5.98. The van der Waals surface area contributed by atoms with Gasteiger partial charge < -0.3 is 10.1 Å². The first-order valence-electron chi connectivity index (χ1n) is 8.42. The SMILES string of the molecule is CC(=O)Nc1cccc(OCC#CCNS(=O)(=O)C2CCCCC2)c1. The molecule has 0 heterocycles. The summed E-state index contributed by atoms with van der Waals surface area (Å²) in [5.41, 5.74) is 0.651. The Morgan fingerprint density at radius 1 is 1.24 bits per heavy atom. The van der Waals surface area contributed by atoms with Crippen molar-refractivity contribution in [3.8, 4) is 17.6 Å². The largest absolute Gasteiger partial charge is 0.481 e. The van der Waals surface area contributed by atoms with Crippen molar-refractivity contribution in [3.63, 3.8) is 0 Å². The Labute approximate surface area is 149 Å². The molecular formula is C18H24N2O4S. The van der Waals surface area contributed by atoms with Crippen LogP contribution in [0.5, 0.6) is 5.75 Å². The molecule has 136 valence electrons. The topological polar surface area (TPSA) is 84.5 Å². The van der Waals surface area contributed by atoms with E-state index in [1.165, 1.54) is 6.92 Å². The minimum Gasteiger partial charge on any atom is -0.481 e. The fourth-order valence-corrected chi connectivity index (χ4v) is 4.19. The fraction of sp³-hybridized carbons (Fsp3) is 0.500. The lowest BCUT2D eigenvalue weighted by Crippen LogP contribution is -2.35. The second-order valence-corrected chi connectivity index (χ2v) is 8.02. The maximum absolute atomic E-state index is 12.1. The number of anilines is 1. The average molecular weight is 364 g/mol. The van der Waals surface area contributed by atoms with Crippen LogP contribution in [-0.4, -0.2) is 32.7 Å². The van der Waals surface area contributed by atoms with E-state index >= 15 is 0 Å². The van der Waals surface area contributed by atoms with Crippen molar-refractivity contribution in [2.75, 3.05) is 18.5 Å². The molecule has 0 atom stereocenters. The smallest absolute Gasteiger partial charge is 0.221 e. The first-order valence-corrected chi connectivity index (χ1v) is 9.96. The van der Waals surface area contributed by atoms with Crippen molar-refractivity contribution < 1.29 is 17.9 Å². The summed E-state index contributed by atoms with van der Waals surface area (Å²) in [6, 6.07) is 7.00. The quantitative estimate of drug-likeness (QED) is 0.759. The molecule has 0 radical (unpaired) electrons. The summed E-state index contributed by atoms with van der Waals surface area (Å²) in [6.07, 6.45) is 4.53. The first-order chi connectivity index (χ1) is 12.0. The third-order valence-corrected chi connectivity index (χ3v) is 5.84. The molecule has 1 aliphatic rings. The number of hydrogen-bond acceptors (Lipinski definition) is 4. The van der Waals surface area contributed by atoms with E-state index in [0.29, 0.717) is 11.4 Å². The second-order valence-electron chi connectivity index (χ2n) is 5.98. The Bertz CT molecular complexity index is 744. The van der Waals surface area contributed by atoms with Crippen LogP contribution in [0.25, 0.3) is 0 Å². The summed E-state index contributed by atoms with van der Waals surface area (Å²) in [6.45, 7) is 1.68. The molecule has 6 nitrogen and oxygen atoms in total. The third-order valence-electron chi connectivity index (χ3n) is 3.94. The Morgan fingerprint density at radius 2 is 2.00 bits per heavy atom. The van der Waals surface area contributed by atoms with E-state index in [-0.39, 0.29) is 24.3 Å². The normalized spacial score (nSPS) is 15.1. The van der Waals surface area contributed by atoms with Crippen LogP contribution in [0.2, 0.25) is 0 Å². The highest BCUT2D eigenvalue weighted by Crippen LogP contribution is 2.22. The van der Waals surface area contributed by atoms with Gasteiger partial charge in [0.2, 0.25) is 15.9 Å². The Kier molecular flexibility index (Phi) is 7.29. The molecule has 0 spiro atoms. The minimum absolute atomic E-state index is 0.0914. The van der Waals surface area contributed by atoms with Gasteiger partial charge in [-0.2, -0.15) is 0 Å². The van der Waals surface area contributed by atoms with Gasteiger partial charge in [-0.05, 0) is 25.0 Å². The van der Waals surface area contributed by atoms with E-state index in [2.05, 4.69) is 21.9 Å². The predicted molar refractivity (Wildman–Crippen MR) is 97.8 cm³/mol. The van der Waals surface area contributed by atoms with Crippen LogP contribution >= 0.6 is 0 Å². The summed E-state index contributed by atoms with van der Waals surface area (Å²) in [7, 11) is -3.27. The maximum atomic E-state index is 12.1. The molecule has 1 aliphatic carbocycles. The van der Waals surface area contributed by atoms with Crippen LogP contribution in [0, 0.1) is 11.8 Å². The molecule has 0 bridgehead atoms. The average Bonchev–Trinajstić information content (AvgIpc) is 2.58. The van der Waals surface area contributed by atoms with Crippen LogP contribution in [0.15, 0.2) is 24.3 Å². The predicted octanol–water partition coefficient (Wildman–Crippen LogP) is 2.28. The number of carbonyl (C=O) groups excluding carboxylic acids is 1. The molecule has 2 N–H and O–H groups in total. The number of amides is 1. The number of rotatable bonds is 6. The molecule has 0 saturated heterocycles. The first kappa shape index (κ1) is 19.3. The van der Waals surface area contributed by atoms with Crippen molar-refractivity contribution in [2.45, 2.75) is 44.3 Å². The molecule has 0 unspecified atom stereocenters. The molecule has 7 heteroatoms. The van der Waals surface area contributed by atoms with Gasteiger partial charge in [0, 0.05) is 18.7 Å². The van der Waals surface area contributed by atoms with Gasteiger partial charge in [-0.3, -0.25) is 4.79 Å². The van der Waals surface area contributed by atoms with E-state index in [9.17, 15) is 13.2 Å². The highest BCUT2D eigenvalue weighted by Gasteiger charge is 2.26. The number of ether oxygens (including phenoxy) is 1. The zero-order chi connectivity index (χ0) is 18.1. The molecule has 1 aromatic rings. The summed E-state index contributed by atoms with van der Waals surface area (Å²) < 4.78 is 32.3. The van der Waals surface area contributed by atoms with Crippen LogP contribution < -0.4 is 14.8 Å². The molecule has 2 rings (SSSR count). The van der Waals surface area contributed by atoms with E-state index in [1.807, 2.05) is 0 Å². The molecule has 1 aromatic carbocycles. The molecule has 25 heavy (non-hydrogen) atoms. The van der Waals surface area contributed by atoms with Gasteiger partial charge >= 0.3 is 0 Å². The van der Waals surface area contributed by atoms with Crippen molar-refractivity contribution >= 4 is 21.6 Å². The Hall–Kier alpha value is -2.04. The molecule has 0 aromatic heterocycles. The van der Waals surface area contributed by atoms with Crippen LogP contribution in [0.4, 0.5) is 5.69 Å². The minimum atomic E-state index is -3.27. The number of benzene rings is 1. The van der Waals surface area contributed by atoms with Crippen molar-refractivity contribution in [1.82, 2.24) is 4.72 Å². The number of hydrogen-bond donors (Lipinski definition) is 2. The van der Waals surface area contributed by atoms with Crippen LogP contribution in [-0.2, 0) is 14.8 Å². The number of carbonyl (C=O) groups is 1. The molecule has 1 fully saturated rings. The summed E-state index contributed by atoms with van der Waals surface area (Å²) >= 11 is 0. The van der Waals surface area contributed by atoms with E-state index in [1.54, 1.807) is 24.3 Å². The summed E-state index contributed by atoms with van der Waals surface area (Å²) in [4.78, 5) is 11.0. The monoisotopic (exact) mass is 364 g/mol. The summed E-state index contributed by atoms with van der Waals surface area (Å²) in [5, 5.41) is 2.39. The lowest BCUT2D eigenvalue weighted by molar-refractivity contribution is -0.114. The molecular weight excluding hydrogens is 340 g/mol. The Balaban J connectivity index is 1.75. The van der Waals surface area contributed by atoms with Gasteiger partial charge in [-0.1, -0.05) is 37.2 Å². The molecule has 0 aliphatic heterocycles. The van der Waals surface area contributed by atoms with Gasteiger partial charge in [-0.15, -0.1) is 0 Å². The van der Waals surface area contributed by atoms with Gasteiger partial charge in [0.15, 0.2) is 0 Å². The van der Waals surface area contributed by atoms with Crippen LogP contribution in [0.1, 0.15) is 39.0 Å². The van der Waals surface area contributed by atoms with Gasteiger partial charge in [0.05, 0.1) is 11.8 Å². The maximum Gasteiger partial charge on any atom is 0.221 e. The lowest BCUT2D eigenvalue weighted by Gasteiger charge is -2.21. The van der Waals surface area contributed by atoms with Crippen molar-refractivity contribution in [3.05, 3.63) is 24.3 Å². The zero-order valence-corrected chi connectivity index (χ0v) is 15.2. The van der Waals surface area contributed by atoms with E-state index < -0.39 is 10.0 Å². The highest BCUT2D eigenvalue weighted by molar-refractivity contribution is 7.90. The molecule has 1 amide bonds. The van der Waals surface area contributed by atoms with E-state index in [4.69, 9.17) is 4.74 Å². The van der Waals surface area contributed by atoms with E-state index in [0.717, 1.165) is 32.1 Å². The molecule has 1 saturated carbocycles. The van der Waals surface area contributed by atoms with Crippen molar-refractivity contribution in [2.24, 2.45) is 0 Å². The number of sulfonamides is 1. The highest BCUT2D eigenvalue weighted by atomic mass is 32.2. The Morgan fingerprint density at radius 3 is 2.72 bits per heavy atom. The van der Waals surface area contributed by atoms with Gasteiger partial charge in [0.25, 0.3) is 0 Å². The van der Waals surface area contributed by atoms with Gasteiger partial charge in [-0.25, -0.2) is 13.1 Å². The van der Waals surface area contributed by atoms with Crippen LogP contribution in [0.3, 0.4) is 0 Å². The second kappa shape index (κ2) is 9.44.